The molecule has 35 valence electrons. The molecule has 0 fully saturated rings. The monoisotopic (exact) mass is 91.1 g/mol. The van der Waals surface area contributed by atoms with Gasteiger partial charge in [-0.3, -0.25) is 0 Å². The van der Waals surface area contributed by atoms with Crippen molar-refractivity contribution in [2.75, 3.05) is 0 Å². The Morgan fingerprint density at radius 1 is 1.71 bits per heavy atom. The molecule has 0 saturated heterocycles. The molecule has 1 aliphatic rings. The lowest BCUT2D eigenvalue weighted by atomic mass is 10.1. The summed E-state index contributed by atoms with van der Waals surface area (Å²) in [5, 5.41) is 0. The maximum atomic E-state index is 3.06. The van der Waals surface area contributed by atoms with E-state index in [0.717, 1.165) is 6.42 Å². The van der Waals surface area contributed by atoms with Gasteiger partial charge in [-0.1, -0.05) is 18.8 Å². The third-order valence-corrected chi connectivity index (χ3v) is 1.02. The van der Waals surface area contributed by atoms with Gasteiger partial charge in [0.25, 0.3) is 0 Å². The van der Waals surface area contributed by atoms with Gasteiger partial charge in [0.05, 0.1) is 0 Å². The van der Waals surface area contributed by atoms with Gasteiger partial charge in [-0.05, 0) is 18.6 Å². The average Bonchev–Trinajstić information content (AvgIpc) is 2.14. The number of rotatable bonds is 1. The Morgan fingerprint density at radius 3 is 2.86 bits per heavy atom. The molecule has 1 radical (unpaired) electrons. The topological polar surface area (TPSA) is 0 Å². The molecule has 1 rings (SSSR count). The third-order valence-electron chi connectivity index (χ3n) is 1.02. The van der Waals surface area contributed by atoms with Crippen LogP contribution in [0.15, 0.2) is 6.08 Å². The van der Waals surface area contributed by atoms with Crippen LogP contribution in [0.4, 0.5) is 0 Å². The number of hydrogen-bond acceptors (Lipinski definition) is 0. The van der Waals surface area contributed by atoms with Gasteiger partial charge in [0, 0.05) is 5.92 Å². The minimum atomic E-state index is 0.431. The Morgan fingerprint density at radius 2 is 2.57 bits per heavy atom. The molecule has 0 saturated carbocycles. The third kappa shape index (κ3) is 0.838. The Labute approximate surface area is 44.2 Å². The van der Waals surface area contributed by atoms with Crippen LogP contribution >= 0.6 is 0 Å². The summed E-state index contributed by atoms with van der Waals surface area (Å²) in [6.45, 7) is 2.12. The highest BCUT2D eigenvalue weighted by Crippen LogP contribution is 2.03. The lowest BCUT2D eigenvalue weighted by Gasteiger charge is -1.90. The zero-order valence-corrected chi connectivity index (χ0v) is 4.36. The molecule has 7 heavy (non-hydrogen) atoms. The molecular formula is C7H7. The molecular weight excluding hydrogens is 84.1 g/mol. The molecule has 1 unspecified atom stereocenters. The Balaban J connectivity index is 2.51. The zero-order chi connectivity index (χ0) is 5.11. The van der Waals surface area contributed by atoms with Crippen molar-refractivity contribution in [1.82, 2.24) is 0 Å². The van der Waals surface area contributed by atoms with Gasteiger partial charge >= 0.3 is 0 Å². The fourth-order valence-corrected chi connectivity index (χ4v) is 0.546. The number of allylic oxidation sites excluding steroid dienone is 2. The first-order chi connectivity index (χ1) is 3.43. The van der Waals surface area contributed by atoms with Crippen LogP contribution in [-0.2, 0) is 0 Å². The van der Waals surface area contributed by atoms with Gasteiger partial charge in [-0.2, -0.15) is 0 Å². The summed E-state index contributed by atoms with van der Waals surface area (Å²) >= 11 is 0. The van der Waals surface area contributed by atoms with E-state index in [-0.39, 0.29) is 0 Å². The van der Waals surface area contributed by atoms with Crippen molar-refractivity contribution in [3.8, 4) is 11.8 Å². The van der Waals surface area contributed by atoms with E-state index in [1.54, 1.807) is 6.08 Å². The second-order valence-corrected chi connectivity index (χ2v) is 1.56. The van der Waals surface area contributed by atoms with Gasteiger partial charge in [-0.25, -0.2) is 0 Å². The minimum absolute atomic E-state index is 0.431. The van der Waals surface area contributed by atoms with Crippen LogP contribution in [0, 0.1) is 23.8 Å². The molecule has 0 nitrogen and oxygen atoms in total. The first-order valence-corrected chi connectivity index (χ1v) is 2.52. The van der Waals surface area contributed by atoms with Crippen LogP contribution in [0.25, 0.3) is 0 Å². The van der Waals surface area contributed by atoms with Crippen LogP contribution in [0.1, 0.15) is 13.3 Å². The fraction of sp³-hybridized carbons (Fsp3) is 0.429. The quantitative estimate of drug-likeness (QED) is 0.428. The van der Waals surface area contributed by atoms with E-state index in [0.29, 0.717) is 5.92 Å². The van der Waals surface area contributed by atoms with E-state index in [1.165, 1.54) is 0 Å². The molecule has 1 atom stereocenters. The van der Waals surface area contributed by atoms with Crippen LogP contribution in [0.2, 0.25) is 0 Å². The fourth-order valence-electron chi connectivity index (χ4n) is 0.546. The largest absolute Gasteiger partial charge is 0.0903 e. The smallest absolute Gasteiger partial charge is 0.0462 e. The van der Waals surface area contributed by atoms with Crippen molar-refractivity contribution < 1.29 is 0 Å². The molecule has 1 aliphatic carbocycles. The lowest BCUT2D eigenvalue weighted by Crippen LogP contribution is -1.83. The molecule has 0 aromatic heterocycles. The van der Waals surface area contributed by atoms with Gasteiger partial charge in [0.15, 0.2) is 0 Å². The Bertz CT molecular complexity index is 132. The maximum absolute atomic E-state index is 3.06. The summed E-state index contributed by atoms with van der Waals surface area (Å²) in [7, 11) is 0. The van der Waals surface area contributed by atoms with Crippen LogP contribution in [0.5, 0.6) is 0 Å². The van der Waals surface area contributed by atoms with E-state index in [2.05, 4.69) is 24.8 Å². The van der Waals surface area contributed by atoms with Gasteiger partial charge in [0.2, 0.25) is 0 Å². The first kappa shape index (κ1) is 4.46. The maximum Gasteiger partial charge on any atom is 0.0462 e. The molecule has 0 aromatic rings. The molecule has 0 spiro atoms. The zero-order valence-electron chi connectivity index (χ0n) is 4.36. The van der Waals surface area contributed by atoms with E-state index >= 15 is 0 Å². The van der Waals surface area contributed by atoms with E-state index < -0.39 is 0 Å². The average molecular weight is 91.1 g/mol. The molecule has 0 amide bonds. The summed E-state index contributed by atoms with van der Waals surface area (Å²) in [6, 6.07) is 0. The normalized spacial score (nSPS) is 24.4. The molecule has 0 aromatic carbocycles. The highest BCUT2D eigenvalue weighted by atomic mass is 14.0. The van der Waals surface area contributed by atoms with Crippen LogP contribution in [-0.4, -0.2) is 0 Å². The van der Waals surface area contributed by atoms with E-state index in [9.17, 15) is 0 Å². The van der Waals surface area contributed by atoms with Crippen molar-refractivity contribution in [3.63, 3.8) is 0 Å². The van der Waals surface area contributed by atoms with Gasteiger partial charge in [-0.15, -0.1) is 0 Å². The summed E-state index contributed by atoms with van der Waals surface area (Å²) < 4.78 is 0. The standard InChI is InChI=1S/C7H7/c1-2-7-5-3-4-6-7/h3,7H,2H2,1H3. The Kier molecular flexibility index (Phi) is 1.17. The second-order valence-electron chi connectivity index (χ2n) is 1.56. The minimum Gasteiger partial charge on any atom is -0.0903 e. The molecule has 0 bridgehead atoms. The van der Waals surface area contributed by atoms with E-state index in [1.807, 2.05) is 0 Å². The van der Waals surface area contributed by atoms with Gasteiger partial charge < -0.3 is 0 Å². The molecule has 0 N–H and O–H groups in total. The molecule has 0 heterocycles. The highest BCUT2D eigenvalue weighted by molar-refractivity contribution is 5.24. The van der Waals surface area contributed by atoms with Crippen molar-refractivity contribution in [2.24, 2.45) is 5.92 Å². The number of hydrogen-bond donors (Lipinski definition) is 0. The predicted molar refractivity (Wildman–Crippen MR) is 29.4 cm³/mol. The predicted octanol–water partition coefficient (Wildman–Crippen LogP) is 1.39. The van der Waals surface area contributed by atoms with Crippen molar-refractivity contribution in [3.05, 3.63) is 12.2 Å². The SMILES string of the molecule is CCC1[C]=CC#C1. The van der Waals surface area contributed by atoms with E-state index in [4.69, 9.17) is 0 Å². The summed E-state index contributed by atoms with van der Waals surface area (Å²) in [5.74, 6) is 6.26. The highest BCUT2D eigenvalue weighted by Gasteiger charge is 1.96. The first-order valence-electron chi connectivity index (χ1n) is 2.52. The summed E-state index contributed by atoms with van der Waals surface area (Å²) in [5.41, 5.74) is 0. The van der Waals surface area contributed by atoms with Crippen molar-refractivity contribution in [1.29, 1.82) is 0 Å². The van der Waals surface area contributed by atoms with Gasteiger partial charge in [0.1, 0.15) is 0 Å². The van der Waals surface area contributed by atoms with Crippen molar-refractivity contribution >= 4 is 0 Å². The lowest BCUT2D eigenvalue weighted by molar-refractivity contribution is 0.787. The summed E-state index contributed by atoms with van der Waals surface area (Å²) in [4.78, 5) is 0. The second kappa shape index (κ2) is 1.84. The van der Waals surface area contributed by atoms with Crippen LogP contribution in [0.3, 0.4) is 0 Å². The van der Waals surface area contributed by atoms with Crippen LogP contribution < -0.4 is 0 Å². The van der Waals surface area contributed by atoms with Crippen molar-refractivity contribution in [2.45, 2.75) is 13.3 Å². The Hall–Kier alpha value is -0.700. The molecule has 0 heteroatoms. The summed E-state index contributed by atoms with van der Waals surface area (Å²) in [6.07, 6.45) is 5.96. The molecule has 0 aliphatic heterocycles.